The molecule has 0 N–H and O–H groups in total. The molecule has 1 amide bonds. The molecule has 1 heterocycles. The first kappa shape index (κ1) is 23.9. The monoisotopic (exact) mass is 466 g/mol. The lowest BCUT2D eigenvalue weighted by atomic mass is 9.94. The summed E-state index contributed by atoms with van der Waals surface area (Å²) in [5.74, 6) is -0.0393. The third-order valence-corrected chi connectivity index (χ3v) is 6.38. The van der Waals surface area contributed by atoms with Gasteiger partial charge in [-0.1, -0.05) is 61.7 Å². The normalized spacial score (nSPS) is 15.0. The molecule has 0 radical (unpaired) electrons. The molecular formula is C28H29F3N2O. The van der Waals surface area contributed by atoms with Crippen molar-refractivity contribution in [1.29, 1.82) is 0 Å². The molecule has 0 saturated heterocycles. The number of hydrogen-bond donors (Lipinski definition) is 0. The quantitative estimate of drug-likeness (QED) is 0.347. The van der Waals surface area contributed by atoms with Crippen LogP contribution in [0.15, 0.2) is 79.0 Å². The van der Waals surface area contributed by atoms with Crippen molar-refractivity contribution in [3.05, 3.63) is 101 Å². The Kier molecular flexibility index (Phi) is 7.56. The number of halogens is 3. The predicted octanol–water partition coefficient (Wildman–Crippen LogP) is 6.93. The lowest BCUT2D eigenvalue weighted by molar-refractivity contribution is -0.137. The summed E-state index contributed by atoms with van der Waals surface area (Å²) in [5.41, 5.74) is 1.80. The van der Waals surface area contributed by atoms with E-state index in [0.29, 0.717) is 18.7 Å². The van der Waals surface area contributed by atoms with Gasteiger partial charge < -0.3 is 9.47 Å². The molecule has 1 aromatic heterocycles. The first-order valence-corrected chi connectivity index (χ1v) is 11.7. The summed E-state index contributed by atoms with van der Waals surface area (Å²) in [6.07, 6.45) is 6.28. The molecule has 0 aliphatic heterocycles. The smallest absolute Gasteiger partial charge is 0.345 e. The maximum atomic E-state index is 13.3. The lowest BCUT2D eigenvalue weighted by Crippen LogP contribution is -2.40. The predicted molar refractivity (Wildman–Crippen MR) is 128 cm³/mol. The number of aromatic nitrogens is 1. The summed E-state index contributed by atoms with van der Waals surface area (Å²) in [6, 6.07) is 19.1. The molecule has 4 rings (SSSR count). The zero-order valence-corrected chi connectivity index (χ0v) is 19.0. The highest BCUT2D eigenvalue weighted by molar-refractivity contribution is 5.92. The van der Waals surface area contributed by atoms with E-state index >= 15 is 0 Å². The van der Waals surface area contributed by atoms with Crippen molar-refractivity contribution < 1.29 is 18.0 Å². The maximum Gasteiger partial charge on any atom is 0.416 e. The average Bonchev–Trinajstić information content (AvgIpc) is 3.28. The highest BCUT2D eigenvalue weighted by Crippen LogP contribution is 2.30. The molecule has 6 heteroatoms. The van der Waals surface area contributed by atoms with Crippen LogP contribution in [0, 0.1) is 0 Å². The number of carbonyl (C=O) groups is 1. The Bertz CT molecular complexity index is 1110. The van der Waals surface area contributed by atoms with E-state index in [1.807, 2.05) is 64.2 Å². The minimum atomic E-state index is -4.37. The van der Waals surface area contributed by atoms with Crippen LogP contribution in [0.3, 0.4) is 0 Å². The summed E-state index contributed by atoms with van der Waals surface area (Å²) in [5, 5.41) is 0. The first-order valence-electron chi connectivity index (χ1n) is 11.7. The van der Waals surface area contributed by atoms with Crippen LogP contribution in [-0.2, 0) is 24.1 Å². The number of hydrogen-bond acceptors (Lipinski definition) is 1. The van der Waals surface area contributed by atoms with Crippen LogP contribution >= 0.6 is 0 Å². The van der Waals surface area contributed by atoms with Crippen LogP contribution < -0.4 is 0 Å². The third kappa shape index (κ3) is 6.19. The summed E-state index contributed by atoms with van der Waals surface area (Å²) >= 11 is 0. The second kappa shape index (κ2) is 10.8. The van der Waals surface area contributed by atoms with Crippen LogP contribution in [0.25, 0.3) is 6.08 Å². The van der Waals surface area contributed by atoms with Crippen molar-refractivity contribution in [2.45, 2.75) is 57.4 Å². The van der Waals surface area contributed by atoms with Gasteiger partial charge in [0.2, 0.25) is 5.91 Å². The van der Waals surface area contributed by atoms with Crippen molar-refractivity contribution in [2.75, 3.05) is 0 Å². The van der Waals surface area contributed by atoms with Crippen LogP contribution in [0.4, 0.5) is 13.2 Å². The molecule has 2 aromatic carbocycles. The van der Waals surface area contributed by atoms with Gasteiger partial charge in [0.05, 0.1) is 12.1 Å². The average molecular weight is 467 g/mol. The zero-order valence-electron chi connectivity index (χ0n) is 19.0. The summed E-state index contributed by atoms with van der Waals surface area (Å²) in [7, 11) is 0. The summed E-state index contributed by atoms with van der Waals surface area (Å²) in [4.78, 5) is 15.2. The Morgan fingerprint density at radius 1 is 0.971 bits per heavy atom. The van der Waals surface area contributed by atoms with Gasteiger partial charge in [0, 0.05) is 30.6 Å². The number of nitrogens with zero attached hydrogens (tertiary/aromatic N) is 2. The number of carbonyl (C=O) groups excluding carboxylic acids is 1. The third-order valence-electron chi connectivity index (χ3n) is 6.38. The topological polar surface area (TPSA) is 25.2 Å². The minimum absolute atomic E-state index is 0.0393. The van der Waals surface area contributed by atoms with Gasteiger partial charge >= 0.3 is 6.18 Å². The SMILES string of the molecule is O=C(/C=C/c1ccccc1)N(Cc1cccn1Cc1cccc(C(F)(F)F)c1)C1CCCCC1. The Morgan fingerprint density at radius 3 is 2.47 bits per heavy atom. The summed E-state index contributed by atoms with van der Waals surface area (Å²) in [6.45, 7) is 0.743. The van der Waals surface area contributed by atoms with Crippen molar-refractivity contribution in [3.63, 3.8) is 0 Å². The fraction of sp³-hybridized carbons (Fsp3) is 0.321. The molecule has 0 atom stereocenters. The van der Waals surface area contributed by atoms with E-state index in [2.05, 4.69) is 0 Å². The van der Waals surface area contributed by atoms with Crippen LogP contribution in [0.2, 0.25) is 0 Å². The fourth-order valence-electron chi connectivity index (χ4n) is 4.57. The van der Waals surface area contributed by atoms with Gasteiger partial charge in [0.25, 0.3) is 0 Å². The molecule has 0 bridgehead atoms. The fourth-order valence-corrected chi connectivity index (χ4v) is 4.57. The van der Waals surface area contributed by atoms with Gasteiger partial charge in [-0.3, -0.25) is 4.79 Å². The molecule has 1 fully saturated rings. The second-order valence-electron chi connectivity index (χ2n) is 8.83. The molecule has 1 aliphatic carbocycles. The van der Waals surface area contributed by atoms with Crippen molar-refractivity contribution >= 4 is 12.0 Å². The van der Waals surface area contributed by atoms with E-state index in [1.54, 1.807) is 12.1 Å². The van der Waals surface area contributed by atoms with Gasteiger partial charge in [-0.25, -0.2) is 0 Å². The van der Waals surface area contributed by atoms with Crippen molar-refractivity contribution in [2.24, 2.45) is 0 Å². The van der Waals surface area contributed by atoms with Crippen LogP contribution in [0.1, 0.15) is 54.5 Å². The molecule has 34 heavy (non-hydrogen) atoms. The van der Waals surface area contributed by atoms with Gasteiger partial charge in [0.15, 0.2) is 0 Å². The molecule has 1 saturated carbocycles. The van der Waals surface area contributed by atoms with E-state index in [9.17, 15) is 18.0 Å². The number of amides is 1. The standard InChI is InChI=1S/C28H29F3N2O/c29-28(30,31)24-12-7-11-23(19-24)20-32-18-8-15-26(32)21-33(25-13-5-2-6-14-25)27(34)17-16-22-9-3-1-4-10-22/h1,3-4,7-12,15-19,25H,2,5-6,13-14,20-21H2/b17-16+. The lowest BCUT2D eigenvalue weighted by Gasteiger charge is -2.34. The molecule has 0 spiro atoms. The van der Waals surface area contributed by atoms with E-state index in [1.165, 1.54) is 18.6 Å². The second-order valence-corrected chi connectivity index (χ2v) is 8.83. The molecular weight excluding hydrogens is 437 g/mol. The Labute approximate surface area is 198 Å². The van der Waals surface area contributed by atoms with E-state index in [4.69, 9.17) is 0 Å². The largest absolute Gasteiger partial charge is 0.416 e. The highest BCUT2D eigenvalue weighted by Gasteiger charge is 2.30. The van der Waals surface area contributed by atoms with Crippen LogP contribution in [0.5, 0.6) is 0 Å². The van der Waals surface area contributed by atoms with Gasteiger partial charge in [-0.05, 0) is 54.3 Å². The Balaban J connectivity index is 1.54. The van der Waals surface area contributed by atoms with E-state index in [-0.39, 0.29) is 11.9 Å². The van der Waals surface area contributed by atoms with Crippen molar-refractivity contribution in [1.82, 2.24) is 9.47 Å². The Hall–Kier alpha value is -3.28. The van der Waals surface area contributed by atoms with E-state index in [0.717, 1.165) is 43.0 Å². The Morgan fingerprint density at radius 2 is 1.74 bits per heavy atom. The molecule has 3 aromatic rings. The van der Waals surface area contributed by atoms with Gasteiger partial charge in [-0.2, -0.15) is 13.2 Å². The summed E-state index contributed by atoms with van der Waals surface area (Å²) < 4.78 is 41.3. The van der Waals surface area contributed by atoms with Crippen molar-refractivity contribution in [3.8, 4) is 0 Å². The number of rotatable bonds is 7. The first-order chi connectivity index (χ1) is 16.4. The zero-order chi connectivity index (χ0) is 24.0. The van der Waals surface area contributed by atoms with Gasteiger partial charge in [0.1, 0.15) is 0 Å². The minimum Gasteiger partial charge on any atom is -0.345 e. The molecule has 1 aliphatic rings. The molecule has 0 unspecified atom stereocenters. The molecule has 178 valence electrons. The number of alkyl halides is 3. The number of benzene rings is 2. The van der Waals surface area contributed by atoms with E-state index < -0.39 is 11.7 Å². The van der Waals surface area contributed by atoms with Gasteiger partial charge in [-0.15, -0.1) is 0 Å². The van der Waals surface area contributed by atoms with Crippen LogP contribution in [-0.4, -0.2) is 21.4 Å². The molecule has 3 nitrogen and oxygen atoms in total. The maximum absolute atomic E-state index is 13.3. The highest BCUT2D eigenvalue weighted by atomic mass is 19.4.